The van der Waals surface area contributed by atoms with Gasteiger partial charge in [-0.3, -0.25) is 9.59 Å². The Balaban J connectivity index is 1.62. The van der Waals surface area contributed by atoms with Crippen LogP contribution in [0.3, 0.4) is 0 Å². The van der Waals surface area contributed by atoms with Gasteiger partial charge in [-0.25, -0.2) is 4.98 Å². The Labute approximate surface area is 228 Å². The second-order valence-electron chi connectivity index (χ2n) is 11.8. The molecule has 0 radical (unpaired) electrons. The summed E-state index contributed by atoms with van der Waals surface area (Å²) >= 11 is 1.41. The number of carbonyl (C=O) groups excluding carboxylic acids is 2. The predicted octanol–water partition coefficient (Wildman–Crippen LogP) is 4.47. The van der Waals surface area contributed by atoms with Crippen molar-refractivity contribution in [3.63, 3.8) is 0 Å². The highest BCUT2D eigenvalue weighted by Gasteiger charge is 2.53. The third kappa shape index (κ3) is 5.97. The van der Waals surface area contributed by atoms with Gasteiger partial charge in [-0.15, -0.1) is 11.3 Å². The second-order valence-corrected chi connectivity index (χ2v) is 12.9. The highest BCUT2D eigenvalue weighted by molar-refractivity contribution is 7.18. The zero-order valence-corrected chi connectivity index (χ0v) is 23.8. The predicted molar refractivity (Wildman–Crippen MR) is 144 cm³/mol. The van der Waals surface area contributed by atoms with E-state index in [1.807, 2.05) is 32.0 Å². The maximum absolute atomic E-state index is 13.5. The van der Waals surface area contributed by atoms with Gasteiger partial charge in [-0.1, -0.05) is 40.2 Å². The Hall–Kier alpha value is -1.91. The van der Waals surface area contributed by atoms with E-state index in [0.29, 0.717) is 17.8 Å². The molecule has 0 spiro atoms. The summed E-state index contributed by atoms with van der Waals surface area (Å²) in [4.78, 5) is 31.1. The van der Waals surface area contributed by atoms with Crippen LogP contribution in [0, 0.1) is 17.3 Å². The molecule has 3 N–H and O–H groups in total. The Kier molecular flexibility index (Phi) is 8.64. The van der Waals surface area contributed by atoms with Crippen molar-refractivity contribution < 1.29 is 34.4 Å². The number of esters is 1. The highest BCUT2D eigenvalue weighted by Crippen LogP contribution is 2.47. The molecule has 38 heavy (non-hydrogen) atoms. The molecule has 0 bridgehead atoms. The lowest BCUT2D eigenvalue weighted by Crippen LogP contribution is -2.46. The fraction of sp³-hybridized carbons (Fsp3) is 0.690. The summed E-state index contributed by atoms with van der Waals surface area (Å²) in [7, 11) is 0. The van der Waals surface area contributed by atoms with Crippen molar-refractivity contribution >= 4 is 33.3 Å². The molecule has 0 saturated carbocycles. The molecule has 0 amide bonds. The maximum Gasteiger partial charge on any atom is 0.309 e. The van der Waals surface area contributed by atoms with Crippen molar-refractivity contribution in [2.45, 2.75) is 110 Å². The van der Waals surface area contributed by atoms with Gasteiger partial charge in [0.1, 0.15) is 16.9 Å². The van der Waals surface area contributed by atoms with Gasteiger partial charge >= 0.3 is 5.97 Å². The van der Waals surface area contributed by atoms with E-state index in [0.717, 1.165) is 35.0 Å². The zero-order valence-electron chi connectivity index (χ0n) is 23.0. The number of hydrogen-bond donors (Lipinski definition) is 3. The number of nitrogens with zero attached hydrogens (tertiary/aromatic N) is 1. The van der Waals surface area contributed by atoms with Gasteiger partial charge in [0.05, 0.1) is 52.6 Å². The fourth-order valence-corrected chi connectivity index (χ4v) is 6.51. The van der Waals surface area contributed by atoms with E-state index >= 15 is 0 Å². The van der Waals surface area contributed by atoms with Crippen LogP contribution in [0.25, 0.3) is 10.2 Å². The van der Waals surface area contributed by atoms with Gasteiger partial charge in [0.15, 0.2) is 0 Å². The van der Waals surface area contributed by atoms with Crippen molar-refractivity contribution in [1.29, 1.82) is 0 Å². The molecule has 4 rings (SSSR count). The molecule has 7 atom stereocenters. The molecule has 0 aliphatic carbocycles. The topological polar surface area (TPSA) is 129 Å². The van der Waals surface area contributed by atoms with Gasteiger partial charge in [0.2, 0.25) is 0 Å². The van der Waals surface area contributed by atoms with Crippen molar-refractivity contribution in [2.75, 3.05) is 0 Å². The number of aliphatic hydroxyl groups excluding tert-OH is 3. The molecular weight excluding hydrogens is 506 g/mol. The molecule has 8 nitrogen and oxygen atoms in total. The number of aromatic nitrogens is 1. The van der Waals surface area contributed by atoms with Crippen LogP contribution in [0.4, 0.5) is 0 Å². The summed E-state index contributed by atoms with van der Waals surface area (Å²) in [5.74, 6) is -1.55. The summed E-state index contributed by atoms with van der Waals surface area (Å²) in [5, 5.41) is 32.1. The third-order valence-corrected chi connectivity index (χ3v) is 9.65. The number of Topliss-reactive ketones (excluding diaryl/α,β-unsaturated/α-hetero) is 1. The van der Waals surface area contributed by atoms with E-state index in [-0.39, 0.29) is 36.4 Å². The number of ether oxygens (including phenoxy) is 2. The van der Waals surface area contributed by atoms with E-state index in [1.54, 1.807) is 13.8 Å². The zero-order chi connectivity index (χ0) is 27.8. The van der Waals surface area contributed by atoms with Crippen molar-refractivity contribution in [2.24, 2.45) is 17.3 Å². The van der Waals surface area contributed by atoms with E-state index < -0.39 is 35.6 Å². The summed E-state index contributed by atoms with van der Waals surface area (Å²) in [6.45, 7) is 9.01. The van der Waals surface area contributed by atoms with Crippen LogP contribution >= 0.6 is 11.3 Å². The summed E-state index contributed by atoms with van der Waals surface area (Å²) in [5.41, 5.74) is -0.0788. The first-order chi connectivity index (χ1) is 17.9. The first kappa shape index (κ1) is 29.1. The Morgan fingerprint density at radius 3 is 2.61 bits per heavy atom. The molecule has 3 heterocycles. The number of fused-ring (bicyclic) bond motifs is 2. The first-order valence-electron chi connectivity index (χ1n) is 13.7. The minimum absolute atomic E-state index is 0.0862. The first-order valence-corrected chi connectivity index (χ1v) is 14.5. The standard InChI is InChI=1S/C29H41NO7S/c1-6-18-26(34)16(2)8-7-11-29(5)23(37-29)13-20(36-25(33)14-22(32)28(3,4)27(18)35)17-9-10-21-19(12-17)30-24(15-31)38-21/h9-10,12,16,18,20,22-23,26,31-32,34H,6-8,11,13-15H2,1-5H3/t16-,18+,20-,22-,23-,26-,29+/m0/s1. The van der Waals surface area contributed by atoms with Crippen LogP contribution in [0.5, 0.6) is 0 Å². The van der Waals surface area contributed by atoms with Crippen molar-refractivity contribution in [3.05, 3.63) is 28.8 Å². The molecule has 2 aliphatic heterocycles. The lowest BCUT2D eigenvalue weighted by molar-refractivity contribution is -0.156. The van der Waals surface area contributed by atoms with Crippen LogP contribution in [0.15, 0.2) is 18.2 Å². The average molecular weight is 548 g/mol. The number of epoxide rings is 1. The van der Waals surface area contributed by atoms with E-state index in [2.05, 4.69) is 11.9 Å². The molecule has 2 saturated heterocycles. The van der Waals surface area contributed by atoms with Crippen LogP contribution < -0.4 is 0 Å². The Morgan fingerprint density at radius 1 is 1.18 bits per heavy atom. The SMILES string of the molecule is CC[C@H]1C(=O)C(C)(C)[C@@H](O)CC(=O)O[C@H](c2ccc3sc(CO)nc3c2)C[C@@H]2O[C@]2(C)CCC[C@H](C)[C@@H]1O. The number of rotatable bonds is 3. The summed E-state index contributed by atoms with van der Waals surface area (Å²) in [6.07, 6.45) is 0.171. The minimum atomic E-state index is -1.26. The van der Waals surface area contributed by atoms with Gasteiger partial charge in [-0.2, -0.15) is 0 Å². The number of benzene rings is 1. The molecular formula is C29H41NO7S. The molecule has 1 aromatic carbocycles. The largest absolute Gasteiger partial charge is 0.457 e. The second kappa shape index (κ2) is 11.3. The summed E-state index contributed by atoms with van der Waals surface area (Å²) in [6, 6.07) is 5.69. The van der Waals surface area contributed by atoms with Crippen molar-refractivity contribution in [1.82, 2.24) is 4.98 Å². The van der Waals surface area contributed by atoms with Crippen LogP contribution in [0.2, 0.25) is 0 Å². The van der Waals surface area contributed by atoms with Gasteiger partial charge in [0, 0.05) is 12.3 Å². The highest BCUT2D eigenvalue weighted by atomic mass is 32.1. The lowest BCUT2D eigenvalue weighted by Gasteiger charge is -2.35. The van der Waals surface area contributed by atoms with E-state index in [4.69, 9.17) is 9.47 Å². The molecule has 2 aromatic rings. The van der Waals surface area contributed by atoms with E-state index in [1.165, 1.54) is 11.3 Å². The average Bonchev–Trinajstić information content (AvgIpc) is 3.31. The smallest absolute Gasteiger partial charge is 0.309 e. The van der Waals surface area contributed by atoms with Crippen LogP contribution in [-0.2, 0) is 25.7 Å². The van der Waals surface area contributed by atoms with Crippen LogP contribution in [0.1, 0.15) is 89.8 Å². The van der Waals surface area contributed by atoms with Crippen molar-refractivity contribution in [3.8, 4) is 0 Å². The number of ketones is 1. The minimum Gasteiger partial charge on any atom is -0.457 e. The van der Waals surface area contributed by atoms with Gasteiger partial charge in [-0.05, 0) is 49.8 Å². The Bertz CT molecular complexity index is 1160. The number of carbonyl (C=O) groups is 2. The number of aliphatic hydroxyl groups is 3. The molecule has 210 valence electrons. The number of cyclic esters (lactones) is 1. The normalized spacial score (nSPS) is 35.1. The third-order valence-electron chi connectivity index (χ3n) is 8.63. The molecule has 2 aliphatic rings. The van der Waals surface area contributed by atoms with Gasteiger partial charge in [0.25, 0.3) is 0 Å². The molecule has 9 heteroatoms. The lowest BCUT2D eigenvalue weighted by atomic mass is 9.71. The number of hydrogen-bond acceptors (Lipinski definition) is 9. The van der Waals surface area contributed by atoms with Crippen LogP contribution in [-0.4, -0.2) is 56.0 Å². The van der Waals surface area contributed by atoms with Gasteiger partial charge < -0.3 is 24.8 Å². The Morgan fingerprint density at radius 2 is 1.92 bits per heavy atom. The maximum atomic E-state index is 13.5. The number of thiazole rings is 1. The molecule has 2 fully saturated rings. The quantitative estimate of drug-likeness (QED) is 0.379. The summed E-state index contributed by atoms with van der Waals surface area (Å²) < 4.78 is 13.0. The molecule has 0 unspecified atom stereocenters. The molecule has 1 aromatic heterocycles. The van der Waals surface area contributed by atoms with E-state index in [9.17, 15) is 24.9 Å². The fourth-order valence-electron chi connectivity index (χ4n) is 5.70. The monoisotopic (exact) mass is 547 g/mol.